The van der Waals surface area contributed by atoms with Crippen LogP contribution in [0.1, 0.15) is 24.5 Å². The lowest BCUT2D eigenvalue weighted by atomic mass is 9.98. The maximum atomic E-state index is 12.9. The number of para-hydroxylation sites is 1. The van der Waals surface area contributed by atoms with E-state index in [1.165, 1.54) is 0 Å². The van der Waals surface area contributed by atoms with E-state index in [0.717, 1.165) is 5.69 Å². The quantitative estimate of drug-likeness (QED) is 0.817. The molecular weight excluding hydrogens is 332 g/mol. The average Bonchev–Trinajstić information content (AvgIpc) is 3.10. The lowest BCUT2D eigenvalue weighted by Crippen LogP contribution is -2.63. The highest BCUT2D eigenvalue weighted by Crippen LogP contribution is 2.23. The van der Waals surface area contributed by atoms with Gasteiger partial charge in [-0.1, -0.05) is 18.2 Å². The predicted molar refractivity (Wildman–Crippen MR) is 97.1 cm³/mol. The molecule has 8 nitrogen and oxygen atoms in total. The molecule has 0 N–H and O–H groups in total. The third-order valence-corrected chi connectivity index (χ3v) is 4.50. The summed E-state index contributed by atoms with van der Waals surface area (Å²) in [4.78, 5) is 34.4. The maximum absolute atomic E-state index is 12.9. The van der Waals surface area contributed by atoms with Gasteiger partial charge in [-0.05, 0) is 26.0 Å². The van der Waals surface area contributed by atoms with Crippen LogP contribution in [0.4, 0.5) is 4.79 Å². The zero-order valence-corrected chi connectivity index (χ0v) is 15.6. The van der Waals surface area contributed by atoms with Crippen LogP contribution in [0.15, 0.2) is 36.7 Å². The van der Waals surface area contributed by atoms with Crippen molar-refractivity contribution in [1.82, 2.24) is 29.5 Å². The number of carbonyl (C=O) groups is 2. The van der Waals surface area contributed by atoms with Crippen LogP contribution in [0.5, 0.6) is 0 Å². The molecule has 1 aromatic carbocycles. The summed E-state index contributed by atoms with van der Waals surface area (Å²) in [6.45, 7) is 5.31. The molecule has 3 rings (SSSR count). The minimum absolute atomic E-state index is 0.0448. The number of rotatable bonds is 2. The third-order valence-electron chi connectivity index (χ3n) is 4.50. The minimum atomic E-state index is -0.501. The highest BCUT2D eigenvalue weighted by molar-refractivity contribution is 5.91. The van der Waals surface area contributed by atoms with E-state index in [-0.39, 0.29) is 17.8 Å². The van der Waals surface area contributed by atoms with Crippen molar-refractivity contribution in [3.8, 4) is 5.69 Å². The van der Waals surface area contributed by atoms with Gasteiger partial charge in [0.15, 0.2) is 0 Å². The number of benzene rings is 1. The van der Waals surface area contributed by atoms with Gasteiger partial charge in [0.25, 0.3) is 5.91 Å². The van der Waals surface area contributed by atoms with Crippen molar-refractivity contribution in [1.29, 1.82) is 0 Å². The number of piperazine rings is 1. The Morgan fingerprint density at radius 1 is 1.12 bits per heavy atom. The second-order valence-electron chi connectivity index (χ2n) is 7.22. The van der Waals surface area contributed by atoms with Crippen LogP contribution in [0, 0.1) is 0 Å². The highest BCUT2D eigenvalue weighted by atomic mass is 16.2. The molecule has 0 aliphatic carbocycles. The molecule has 1 aromatic heterocycles. The van der Waals surface area contributed by atoms with E-state index < -0.39 is 5.54 Å². The van der Waals surface area contributed by atoms with E-state index in [4.69, 9.17) is 0 Å². The topological polar surface area (TPSA) is 74.6 Å². The van der Waals surface area contributed by atoms with Crippen LogP contribution >= 0.6 is 0 Å². The van der Waals surface area contributed by atoms with Crippen LogP contribution in [0.3, 0.4) is 0 Å². The Bertz CT molecular complexity index is 799. The van der Waals surface area contributed by atoms with E-state index in [1.54, 1.807) is 39.8 Å². The molecule has 2 aromatic rings. The molecule has 0 bridgehead atoms. The zero-order chi connectivity index (χ0) is 18.9. The minimum Gasteiger partial charge on any atom is -0.331 e. The van der Waals surface area contributed by atoms with Crippen LogP contribution in [-0.4, -0.2) is 80.7 Å². The van der Waals surface area contributed by atoms with Crippen molar-refractivity contribution in [3.05, 3.63) is 42.5 Å². The fraction of sp³-hybridized carbons (Fsp3) is 0.444. The highest BCUT2D eigenvalue weighted by Gasteiger charge is 2.40. The van der Waals surface area contributed by atoms with Crippen LogP contribution in [-0.2, 0) is 0 Å². The zero-order valence-electron chi connectivity index (χ0n) is 15.6. The molecule has 0 atom stereocenters. The first-order valence-electron chi connectivity index (χ1n) is 8.55. The number of nitrogens with zero attached hydrogens (tertiary/aromatic N) is 6. The number of aromatic nitrogens is 3. The van der Waals surface area contributed by atoms with Gasteiger partial charge in [0.2, 0.25) is 5.82 Å². The van der Waals surface area contributed by atoms with Gasteiger partial charge in [-0.15, -0.1) is 5.10 Å². The van der Waals surface area contributed by atoms with Crippen molar-refractivity contribution >= 4 is 11.9 Å². The third kappa shape index (κ3) is 3.40. The van der Waals surface area contributed by atoms with Gasteiger partial charge in [0.1, 0.15) is 6.33 Å². The lowest BCUT2D eigenvalue weighted by molar-refractivity contribution is 0.0231. The molecule has 2 heterocycles. The number of hydrogen-bond acceptors (Lipinski definition) is 4. The molecule has 0 unspecified atom stereocenters. The summed E-state index contributed by atoms with van der Waals surface area (Å²) in [5.41, 5.74) is 0.346. The van der Waals surface area contributed by atoms with Gasteiger partial charge in [-0.3, -0.25) is 4.79 Å². The monoisotopic (exact) mass is 356 g/mol. The molecule has 1 saturated heterocycles. The molecule has 8 heteroatoms. The number of hydrogen-bond donors (Lipinski definition) is 0. The molecular formula is C18H24N6O2. The predicted octanol–water partition coefficient (Wildman–Crippen LogP) is 1.49. The summed E-state index contributed by atoms with van der Waals surface area (Å²) in [5, 5.41) is 4.33. The van der Waals surface area contributed by atoms with Crippen molar-refractivity contribution in [2.45, 2.75) is 19.4 Å². The van der Waals surface area contributed by atoms with Crippen LogP contribution in [0.25, 0.3) is 5.69 Å². The number of carbonyl (C=O) groups excluding carboxylic acids is 2. The largest absolute Gasteiger partial charge is 0.331 e. The fourth-order valence-corrected chi connectivity index (χ4v) is 3.16. The molecule has 3 amide bonds. The summed E-state index contributed by atoms with van der Waals surface area (Å²) >= 11 is 0. The van der Waals surface area contributed by atoms with Crippen molar-refractivity contribution in [3.63, 3.8) is 0 Å². The van der Waals surface area contributed by atoms with Crippen molar-refractivity contribution in [2.24, 2.45) is 0 Å². The summed E-state index contributed by atoms with van der Waals surface area (Å²) in [5.74, 6) is -0.0593. The summed E-state index contributed by atoms with van der Waals surface area (Å²) < 4.78 is 1.59. The number of amides is 3. The van der Waals surface area contributed by atoms with E-state index in [2.05, 4.69) is 10.1 Å². The Morgan fingerprint density at radius 3 is 2.42 bits per heavy atom. The first-order chi connectivity index (χ1) is 12.3. The Labute approximate surface area is 153 Å². The van der Waals surface area contributed by atoms with E-state index >= 15 is 0 Å². The van der Waals surface area contributed by atoms with E-state index in [1.807, 2.05) is 44.2 Å². The van der Waals surface area contributed by atoms with Gasteiger partial charge in [0.05, 0.1) is 11.2 Å². The fourth-order valence-electron chi connectivity index (χ4n) is 3.16. The van der Waals surface area contributed by atoms with Gasteiger partial charge in [-0.2, -0.15) is 0 Å². The Morgan fingerprint density at radius 2 is 1.81 bits per heavy atom. The smallest absolute Gasteiger partial charge is 0.319 e. The standard InChI is InChI=1S/C18H24N6O2/c1-18(2)12-22(17(26)21(3)4)10-11-23(18)16(25)15-19-13-24(20-15)14-8-6-5-7-9-14/h5-9,13H,10-12H2,1-4H3. The van der Waals surface area contributed by atoms with Gasteiger partial charge in [-0.25, -0.2) is 14.5 Å². The van der Waals surface area contributed by atoms with E-state index in [0.29, 0.717) is 19.6 Å². The second-order valence-corrected chi connectivity index (χ2v) is 7.22. The lowest BCUT2D eigenvalue weighted by Gasteiger charge is -2.47. The SMILES string of the molecule is CN(C)C(=O)N1CCN(C(=O)c2ncn(-c3ccccc3)n2)C(C)(C)C1. The summed E-state index contributed by atoms with van der Waals surface area (Å²) in [6.07, 6.45) is 1.54. The first kappa shape index (κ1) is 17.9. The average molecular weight is 356 g/mol. The van der Waals surface area contributed by atoms with Gasteiger partial charge < -0.3 is 14.7 Å². The molecule has 1 aliphatic heterocycles. The van der Waals surface area contributed by atoms with Gasteiger partial charge in [0, 0.05) is 33.7 Å². The number of urea groups is 1. The molecule has 1 fully saturated rings. The molecule has 0 saturated carbocycles. The second kappa shape index (κ2) is 6.78. The molecule has 1 aliphatic rings. The summed E-state index contributed by atoms with van der Waals surface area (Å²) in [7, 11) is 3.46. The molecule has 26 heavy (non-hydrogen) atoms. The van der Waals surface area contributed by atoms with E-state index in [9.17, 15) is 9.59 Å². The normalized spacial score (nSPS) is 16.5. The Hall–Kier alpha value is -2.90. The molecule has 0 spiro atoms. The molecule has 138 valence electrons. The maximum Gasteiger partial charge on any atom is 0.319 e. The Balaban J connectivity index is 1.76. The molecule has 0 radical (unpaired) electrons. The Kier molecular flexibility index (Phi) is 4.67. The van der Waals surface area contributed by atoms with Crippen molar-refractivity contribution in [2.75, 3.05) is 33.7 Å². The van der Waals surface area contributed by atoms with Gasteiger partial charge >= 0.3 is 6.03 Å². The van der Waals surface area contributed by atoms with Crippen LogP contribution < -0.4 is 0 Å². The van der Waals surface area contributed by atoms with Crippen LogP contribution in [0.2, 0.25) is 0 Å². The van der Waals surface area contributed by atoms with Crippen molar-refractivity contribution < 1.29 is 9.59 Å². The first-order valence-corrected chi connectivity index (χ1v) is 8.55. The summed E-state index contributed by atoms with van der Waals surface area (Å²) in [6, 6.07) is 9.49.